The third kappa shape index (κ3) is 8.44. The minimum atomic E-state index is -3.21. The van der Waals surface area contributed by atoms with Crippen LogP contribution in [0.2, 0.25) is 5.02 Å². The molecule has 0 fully saturated rings. The highest BCUT2D eigenvalue weighted by atomic mass is 127. The van der Waals surface area contributed by atoms with Gasteiger partial charge < -0.3 is 10.6 Å². The molecule has 0 atom stereocenters. The van der Waals surface area contributed by atoms with Gasteiger partial charge in [-0.15, -0.1) is 24.0 Å². The Balaban J connectivity index is 0.00000364. The maximum atomic E-state index is 13.6. The van der Waals surface area contributed by atoms with E-state index < -0.39 is 15.7 Å². The molecule has 0 aromatic heterocycles. The van der Waals surface area contributed by atoms with E-state index in [0.717, 1.165) is 11.8 Å². The third-order valence-corrected chi connectivity index (χ3v) is 4.72. The number of benzene rings is 2. The normalized spacial score (nSPS) is 11.6. The molecule has 0 amide bonds. The average Bonchev–Trinajstić information content (AvgIpc) is 2.57. The van der Waals surface area contributed by atoms with Gasteiger partial charge in [0.05, 0.1) is 5.75 Å². The van der Waals surface area contributed by atoms with Crippen molar-refractivity contribution < 1.29 is 12.8 Å². The molecule has 2 aromatic carbocycles. The topological polar surface area (TPSA) is 70.6 Å². The van der Waals surface area contributed by atoms with Crippen LogP contribution in [0.15, 0.2) is 47.5 Å². The number of hydrogen-bond acceptors (Lipinski definition) is 3. The van der Waals surface area contributed by atoms with Crippen molar-refractivity contribution in [1.29, 1.82) is 0 Å². The van der Waals surface area contributed by atoms with Gasteiger partial charge in [-0.05, 0) is 41.0 Å². The number of aliphatic imine (C=N–C) groups is 1. The summed E-state index contributed by atoms with van der Waals surface area (Å²) in [6.45, 7) is 0.791. The van der Waals surface area contributed by atoms with Crippen LogP contribution in [0.1, 0.15) is 16.7 Å². The van der Waals surface area contributed by atoms with Gasteiger partial charge in [0.15, 0.2) is 15.8 Å². The number of nitrogens with zero attached hydrogens (tertiary/aromatic N) is 1. The van der Waals surface area contributed by atoms with Gasteiger partial charge in [0.1, 0.15) is 5.82 Å². The second-order valence-electron chi connectivity index (χ2n) is 5.89. The molecule has 0 heterocycles. The number of hydrogen-bond donors (Lipinski definition) is 2. The van der Waals surface area contributed by atoms with E-state index in [4.69, 9.17) is 11.6 Å². The zero-order valence-corrected chi connectivity index (χ0v) is 18.9. The minimum absolute atomic E-state index is 0. The molecule has 0 spiro atoms. The van der Waals surface area contributed by atoms with E-state index in [9.17, 15) is 12.8 Å². The van der Waals surface area contributed by atoms with Crippen LogP contribution >= 0.6 is 35.6 Å². The first-order chi connectivity index (χ1) is 12.3. The van der Waals surface area contributed by atoms with E-state index in [1.807, 2.05) is 12.1 Å². The molecule has 0 aliphatic carbocycles. The fourth-order valence-corrected chi connectivity index (χ4v) is 3.34. The van der Waals surface area contributed by atoms with E-state index in [2.05, 4.69) is 15.6 Å². The Labute approximate surface area is 181 Å². The van der Waals surface area contributed by atoms with Crippen LogP contribution in [-0.2, 0) is 28.7 Å². The van der Waals surface area contributed by atoms with E-state index in [1.54, 1.807) is 19.2 Å². The van der Waals surface area contributed by atoms with Gasteiger partial charge >= 0.3 is 0 Å². The van der Waals surface area contributed by atoms with Crippen molar-refractivity contribution in [3.05, 3.63) is 70.0 Å². The Kier molecular flexibility index (Phi) is 9.48. The van der Waals surface area contributed by atoms with Crippen molar-refractivity contribution in [3.63, 3.8) is 0 Å². The maximum absolute atomic E-state index is 13.6. The Morgan fingerprint density at radius 2 is 1.70 bits per heavy atom. The lowest BCUT2D eigenvalue weighted by Gasteiger charge is -2.14. The van der Waals surface area contributed by atoms with Crippen LogP contribution in [0, 0.1) is 5.82 Å². The van der Waals surface area contributed by atoms with Crippen molar-refractivity contribution in [2.45, 2.75) is 18.8 Å². The lowest BCUT2D eigenvalue weighted by molar-refractivity contribution is 0.599. The fraction of sp³-hybridized carbons (Fsp3) is 0.278. The van der Waals surface area contributed by atoms with Gasteiger partial charge in [0.2, 0.25) is 0 Å². The Hall–Kier alpha value is -1.39. The number of halogens is 3. The lowest BCUT2D eigenvalue weighted by atomic mass is 10.1. The van der Waals surface area contributed by atoms with E-state index >= 15 is 0 Å². The largest absolute Gasteiger partial charge is 0.352 e. The van der Waals surface area contributed by atoms with Crippen LogP contribution in [0.4, 0.5) is 4.39 Å². The van der Waals surface area contributed by atoms with E-state index in [0.29, 0.717) is 28.7 Å². The van der Waals surface area contributed by atoms with Gasteiger partial charge in [0.25, 0.3) is 0 Å². The first-order valence-corrected chi connectivity index (χ1v) is 10.3. The Morgan fingerprint density at radius 1 is 1.07 bits per heavy atom. The van der Waals surface area contributed by atoms with Gasteiger partial charge in [-0.25, -0.2) is 12.8 Å². The summed E-state index contributed by atoms with van der Waals surface area (Å²) in [5, 5.41) is 6.88. The van der Waals surface area contributed by atoms with E-state index in [1.165, 1.54) is 18.2 Å². The standard InChI is InChI=1S/C18H21ClFN3O2S.HI/c1-21-18(22-10-13-3-6-16(19)7-4-13)23-11-15-9-17(20)8-5-14(15)12-26(2,24)25;/h3-9H,10-12H2,1-2H3,(H2,21,22,23);1H. The second kappa shape index (κ2) is 10.8. The molecule has 9 heteroatoms. The first-order valence-electron chi connectivity index (χ1n) is 7.91. The van der Waals surface area contributed by atoms with Crippen molar-refractivity contribution in [2.24, 2.45) is 4.99 Å². The molecule has 0 radical (unpaired) electrons. The van der Waals surface area contributed by atoms with Gasteiger partial charge in [-0.3, -0.25) is 4.99 Å². The summed E-state index contributed by atoms with van der Waals surface area (Å²) < 4.78 is 36.7. The van der Waals surface area contributed by atoms with Crippen molar-refractivity contribution in [1.82, 2.24) is 10.6 Å². The van der Waals surface area contributed by atoms with Crippen molar-refractivity contribution in [3.8, 4) is 0 Å². The summed E-state index contributed by atoms with van der Waals surface area (Å²) in [5.74, 6) is -0.0288. The first kappa shape index (κ1) is 23.6. The summed E-state index contributed by atoms with van der Waals surface area (Å²) in [5.41, 5.74) is 2.17. The molecule has 2 rings (SSSR count). The molecule has 2 aromatic rings. The summed E-state index contributed by atoms with van der Waals surface area (Å²) in [4.78, 5) is 4.12. The number of rotatable bonds is 6. The number of sulfone groups is 1. The molecule has 5 nitrogen and oxygen atoms in total. The molecular formula is C18H22ClFIN3O2S. The van der Waals surface area contributed by atoms with Crippen LogP contribution in [0.3, 0.4) is 0 Å². The predicted molar refractivity (Wildman–Crippen MR) is 119 cm³/mol. The highest BCUT2D eigenvalue weighted by molar-refractivity contribution is 14.0. The van der Waals surface area contributed by atoms with Crippen molar-refractivity contribution in [2.75, 3.05) is 13.3 Å². The number of guanidine groups is 1. The van der Waals surface area contributed by atoms with E-state index in [-0.39, 0.29) is 36.3 Å². The maximum Gasteiger partial charge on any atom is 0.191 e. The summed E-state index contributed by atoms with van der Waals surface area (Å²) in [6, 6.07) is 11.5. The smallest absolute Gasteiger partial charge is 0.191 e. The summed E-state index contributed by atoms with van der Waals surface area (Å²) >= 11 is 5.86. The molecule has 2 N–H and O–H groups in total. The average molecular weight is 526 g/mol. The quantitative estimate of drug-likeness (QED) is 0.344. The summed E-state index contributed by atoms with van der Waals surface area (Å²) in [6.07, 6.45) is 1.15. The molecule has 0 aliphatic rings. The molecule has 148 valence electrons. The van der Waals surface area contributed by atoms with Crippen LogP contribution < -0.4 is 10.6 Å². The van der Waals surface area contributed by atoms with Gasteiger partial charge in [0, 0.05) is 31.4 Å². The molecule has 0 unspecified atom stereocenters. The van der Waals surface area contributed by atoms with Crippen LogP contribution in [0.5, 0.6) is 0 Å². The van der Waals surface area contributed by atoms with Crippen LogP contribution in [-0.4, -0.2) is 27.7 Å². The molecule has 27 heavy (non-hydrogen) atoms. The molecule has 0 saturated carbocycles. The minimum Gasteiger partial charge on any atom is -0.352 e. The molecular weight excluding hydrogens is 504 g/mol. The zero-order valence-electron chi connectivity index (χ0n) is 15.0. The highest BCUT2D eigenvalue weighted by Gasteiger charge is 2.11. The Morgan fingerprint density at radius 3 is 2.30 bits per heavy atom. The second-order valence-corrected chi connectivity index (χ2v) is 8.47. The lowest BCUT2D eigenvalue weighted by Crippen LogP contribution is -2.36. The Bertz CT molecular complexity index is 890. The predicted octanol–water partition coefficient (Wildman–Crippen LogP) is 3.51. The van der Waals surface area contributed by atoms with Crippen LogP contribution in [0.25, 0.3) is 0 Å². The molecule has 0 saturated heterocycles. The zero-order chi connectivity index (χ0) is 19.2. The monoisotopic (exact) mass is 525 g/mol. The van der Waals surface area contributed by atoms with Gasteiger partial charge in [-0.1, -0.05) is 29.8 Å². The molecule has 0 aliphatic heterocycles. The molecule has 0 bridgehead atoms. The number of nitrogens with one attached hydrogen (secondary N) is 2. The SMILES string of the molecule is CN=C(NCc1ccc(Cl)cc1)NCc1cc(F)ccc1CS(C)(=O)=O.I. The van der Waals surface area contributed by atoms with Gasteiger partial charge in [-0.2, -0.15) is 0 Å². The fourth-order valence-electron chi connectivity index (χ4n) is 2.37. The van der Waals surface area contributed by atoms with Crippen molar-refractivity contribution >= 4 is 51.4 Å². The summed E-state index contributed by atoms with van der Waals surface area (Å²) in [7, 11) is -1.59. The third-order valence-electron chi connectivity index (χ3n) is 3.63. The highest BCUT2D eigenvalue weighted by Crippen LogP contribution is 2.14.